The van der Waals surface area contributed by atoms with Gasteiger partial charge in [0.05, 0.1) is 17.1 Å². The van der Waals surface area contributed by atoms with Crippen LogP contribution in [0.5, 0.6) is 0 Å². The van der Waals surface area contributed by atoms with Gasteiger partial charge in [-0.25, -0.2) is 4.98 Å². The van der Waals surface area contributed by atoms with Crippen LogP contribution >= 0.6 is 0 Å². The summed E-state index contributed by atoms with van der Waals surface area (Å²) in [5, 5.41) is 2.83. The Bertz CT molecular complexity index is 775. The normalized spacial score (nSPS) is 12.0. The average molecular weight is 356 g/mol. The highest BCUT2D eigenvalue weighted by atomic mass is 16.2. The van der Waals surface area contributed by atoms with E-state index in [1.54, 1.807) is 0 Å². The zero-order valence-corrected chi connectivity index (χ0v) is 15.9. The van der Waals surface area contributed by atoms with E-state index in [0.717, 1.165) is 37.0 Å². The zero-order chi connectivity index (χ0) is 19.1. The zero-order valence-electron chi connectivity index (χ0n) is 15.9. The monoisotopic (exact) mass is 356 g/mol. The Kier molecular flexibility index (Phi) is 6.95. The number of hydrogen-bond donors (Lipinski definition) is 1. The first-order valence-electron chi connectivity index (χ1n) is 9.17. The molecular weight excluding hydrogens is 328 g/mol. The van der Waals surface area contributed by atoms with Gasteiger partial charge in [0.1, 0.15) is 12.4 Å². The first kappa shape index (κ1) is 19.7. The molecule has 1 N–H and O–H groups in total. The minimum Gasteiger partial charge on any atom is -0.343 e. The molecule has 0 fully saturated rings. The van der Waals surface area contributed by atoms with Gasteiger partial charge in [0.25, 0.3) is 0 Å². The molecule has 26 heavy (non-hydrogen) atoms. The van der Waals surface area contributed by atoms with Crippen LogP contribution in [-0.4, -0.2) is 39.4 Å². The molecule has 2 amide bonds. The molecule has 0 bridgehead atoms. The van der Waals surface area contributed by atoms with Gasteiger partial charge in [0.15, 0.2) is 0 Å². The smallest absolute Gasteiger partial charge is 0.243 e. The van der Waals surface area contributed by atoms with Crippen LogP contribution in [0.15, 0.2) is 36.9 Å². The van der Waals surface area contributed by atoms with Crippen molar-refractivity contribution in [3.05, 3.63) is 42.7 Å². The molecule has 0 aliphatic carbocycles. The fraction of sp³-hybridized carbons (Fsp3) is 0.450. The summed E-state index contributed by atoms with van der Waals surface area (Å²) < 4.78 is 1.91. The number of aromatic nitrogens is 2. The lowest BCUT2D eigenvalue weighted by Gasteiger charge is -2.23. The fourth-order valence-corrected chi connectivity index (χ4v) is 3.06. The van der Waals surface area contributed by atoms with Crippen molar-refractivity contribution in [2.24, 2.45) is 0 Å². The van der Waals surface area contributed by atoms with Crippen molar-refractivity contribution in [2.75, 3.05) is 13.1 Å². The van der Waals surface area contributed by atoms with E-state index in [4.69, 9.17) is 0 Å². The van der Waals surface area contributed by atoms with E-state index in [9.17, 15) is 9.59 Å². The van der Waals surface area contributed by atoms with Gasteiger partial charge in [-0.1, -0.05) is 32.6 Å². The van der Waals surface area contributed by atoms with Gasteiger partial charge in [-0.2, -0.15) is 0 Å². The predicted octanol–water partition coefficient (Wildman–Crippen LogP) is 3.05. The molecule has 6 nitrogen and oxygen atoms in total. The van der Waals surface area contributed by atoms with Crippen LogP contribution in [0.2, 0.25) is 0 Å². The van der Waals surface area contributed by atoms with Crippen molar-refractivity contribution in [3.8, 4) is 0 Å². The lowest BCUT2D eigenvalue weighted by Crippen LogP contribution is -2.36. The molecular formula is C20H28N4O2. The third-order valence-corrected chi connectivity index (χ3v) is 4.25. The third kappa shape index (κ3) is 4.50. The Labute approximate surface area is 154 Å². The number of benzene rings is 1. The Morgan fingerprint density at radius 2 is 1.92 bits per heavy atom. The first-order chi connectivity index (χ1) is 12.5. The van der Waals surface area contributed by atoms with Crippen LogP contribution in [0.25, 0.3) is 11.0 Å². The molecule has 1 heterocycles. The van der Waals surface area contributed by atoms with Crippen LogP contribution in [-0.2, 0) is 16.1 Å². The van der Waals surface area contributed by atoms with Crippen molar-refractivity contribution < 1.29 is 9.59 Å². The number of hydrogen-bond acceptors (Lipinski definition) is 3. The number of carbonyl (C=O) groups excluding carboxylic acids is 2. The van der Waals surface area contributed by atoms with Gasteiger partial charge >= 0.3 is 0 Å². The second-order valence-corrected chi connectivity index (χ2v) is 6.36. The molecule has 0 aliphatic rings. The number of fused-ring (bicyclic) bond motifs is 1. The van der Waals surface area contributed by atoms with E-state index < -0.39 is 0 Å². The molecule has 2 aromatic rings. The lowest BCUT2D eigenvalue weighted by atomic mass is 10.3. The molecule has 6 heteroatoms. The SMILES string of the molecule is C=CC(=O)NC(C)c1nc2ccccc2n1CC(=O)N(CCC)CCC. The number of amides is 2. The molecule has 1 unspecified atom stereocenters. The van der Waals surface area contributed by atoms with Gasteiger partial charge in [-0.05, 0) is 38.0 Å². The number of carbonyl (C=O) groups is 2. The summed E-state index contributed by atoms with van der Waals surface area (Å²) in [6.07, 6.45) is 3.09. The van der Waals surface area contributed by atoms with Crippen LogP contribution < -0.4 is 5.32 Å². The second-order valence-electron chi connectivity index (χ2n) is 6.36. The molecule has 2 rings (SSSR count). The molecule has 1 aromatic carbocycles. The summed E-state index contributed by atoms with van der Waals surface area (Å²) in [5.74, 6) is 0.476. The summed E-state index contributed by atoms with van der Waals surface area (Å²) >= 11 is 0. The van der Waals surface area contributed by atoms with Crippen molar-refractivity contribution in [3.63, 3.8) is 0 Å². The molecule has 0 saturated carbocycles. The minimum atomic E-state index is -0.327. The summed E-state index contributed by atoms with van der Waals surface area (Å²) in [4.78, 5) is 31.1. The highest BCUT2D eigenvalue weighted by Crippen LogP contribution is 2.21. The van der Waals surface area contributed by atoms with Gasteiger partial charge in [0.2, 0.25) is 11.8 Å². The highest BCUT2D eigenvalue weighted by Gasteiger charge is 2.21. The highest BCUT2D eigenvalue weighted by molar-refractivity contribution is 5.87. The Hall–Kier alpha value is -2.63. The molecule has 1 atom stereocenters. The molecule has 0 radical (unpaired) electrons. The van der Waals surface area contributed by atoms with E-state index in [2.05, 4.69) is 30.7 Å². The van der Waals surface area contributed by atoms with Gasteiger partial charge in [0, 0.05) is 13.1 Å². The molecule has 0 spiro atoms. The lowest BCUT2D eigenvalue weighted by molar-refractivity contribution is -0.131. The van der Waals surface area contributed by atoms with Crippen molar-refractivity contribution in [1.82, 2.24) is 19.8 Å². The summed E-state index contributed by atoms with van der Waals surface area (Å²) in [7, 11) is 0. The van der Waals surface area contributed by atoms with Gasteiger partial charge in [-0.15, -0.1) is 0 Å². The molecule has 140 valence electrons. The van der Waals surface area contributed by atoms with E-state index in [0.29, 0.717) is 5.82 Å². The number of nitrogens with zero attached hydrogens (tertiary/aromatic N) is 3. The van der Waals surface area contributed by atoms with Crippen LogP contribution in [0.3, 0.4) is 0 Å². The minimum absolute atomic E-state index is 0.0698. The van der Waals surface area contributed by atoms with E-state index in [1.807, 2.05) is 40.7 Å². The third-order valence-electron chi connectivity index (χ3n) is 4.25. The van der Waals surface area contributed by atoms with Crippen LogP contribution in [0.4, 0.5) is 0 Å². The van der Waals surface area contributed by atoms with Crippen LogP contribution in [0.1, 0.15) is 45.5 Å². The second kappa shape index (κ2) is 9.17. The Morgan fingerprint density at radius 1 is 1.27 bits per heavy atom. The predicted molar refractivity (Wildman–Crippen MR) is 104 cm³/mol. The summed E-state index contributed by atoms with van der Waals surface area (Å²) in [6, 6.07) is 7.38. The molecule has 0 saturated heterocycles. The van der Waals surface area contributed by atoms with E-state index >= 15 is 0 Å². The number of rotatable bonds is 9. The summed E-state index contributed by atoms with van der Waals surface area (Å²) in [5.41, 5.74) is 1.70. The summed E-state index contributed by atoms with van der Waals surface area (Å²) in [6.45, 7) is 11.2. The quantitative estimate of drug-likeness (QED) is 0.702. The molecule has 1 aromatic heterocycles. The Morgan fingerprint density at radius 3 is 2.54 bits per heavy atom. The van der Waals surface area contributed by atoms with E-state index in [1.165, 1.54) is 6.08 Å². The van der Waals surface area contributed by atoms with Gasteiger partial charge in [-0.3, -0.25) is 9.59 Å². The van der Waals surface area contributed by atoms with Crippen molar-refractivity contribution >= 4 is 22.8 Å². The standard InChI is InChI=1S/C20H28N4O2/c1-5-12-23(13-6-2)19(26)14-24-17-11-9-8-10-16(17)22-20(24)15(4)21-18(25)7-3/h7-11,15H,3,5-6,12-14H2,1-2,4H3,(H,21,25). The maximum Gasteiger partial charge on any atom is 0.243 e. The number of imidazole rings is 1. The maximum absolute atomic E-state index is 12.9. The topological polar surface area (TPSA) is 67.2 Å². The van der Waals surface area contributed by atoms with Crippen molar-refractivity contribution in [2.45, 2.75) is 46.2 Å². The fourth-order valence-electron chi connectivity index (χ4n) is 3.06. The maximum atomic E-state index is 12.9. The number of para-hydroxylation sites is 2. The largest absolute Gasteiger partial charge is 0.343 e. The molecule has 0 aliphatic heterocycles. The first-order valence-corrected chi connectivity index (χ1v) is 9.17. The van der Waals surface area contributed by atoms with Gasteiger partial charge < -0.3 is 14.8 Å². The van der Waals surface area contributed by atoms with Crippen molar-refractivity contribution in [1.29, 1.82) is 0 Å². The average Bonchev–Trinajstić information content (AvgIpc) is 3.00. The Balaban J connectivity index is 2.37. The van der Waals surface area contributed by atoms with Crippen LogP contribution in [0, 0.1) is 0 Å². The number of nitrogens with one attached hydrogen (secondary N) is 1. The van der Waals surface area contributed by atoms with E-state index in [-0.39, 0.29) is 24.4 Å².